The second-order valence-corrected chi connectivity index (χ2v) is 8.63. The van der Waals surface area contributed by atoms with Crippen LogP contribution in [0.2, 0.25) is 0 Å². The normalized spacial score (nSPS) is 22.1. The molecule has 9 nitrogen and oxygen atoms in total. The predicted molar refractivity (Wildman–Crippen MR) is 137 cm³/mol. The Labute approximate surface area is 196 Å². The first-order chi connectivity index (χ1) is 15.9. The first-order valence-corrected chi connectivity index (χ1v) is 11.2. The van der Waals surface area contributed by atoms with Gasteiger partial charge in [0, 0.05) is 63.0 Å². The lowest BCUT2D eigenvalue weighted by molar-refractivity contribution is 0.127. The molecule has 1 atom stereocenters. The number of benzene rings is 1. The molecule has 0 saturated heterocycles. The highest BCUT2D eigenvalue weighted by Gasteiger charge is 2.26. The van der Waals surface area contributed by atoms with Gasteiger partial charge in [0.1, 0.15) is 0 Å². The Hall–Kier alpha value is -3.17. The Morgan fingerprint density at radius 1 is 1.21 bits per heavy atom. The van der Waals surface area contributed by atoms with Gasteiger partial charge in [-0.15, -0.1) is 0 Å². The number of aryl methyl sites for hydroxylation is 1. The van der Waals surface area contributed by atoms with E-state index in [1.807, 2.05) is 31.6 Å². The summed E-state index contributed by atoms with van der Waals surface area (Å²) in [7, 11) is 5.74. The molecule has 0 spiro atoms. The highest BCUT2D eigenvalue weighted by atomic mass is 16.5. The maximum Gasteiger partial charge on any atom is 0.228 e. The zero-order valence-electron chi connectivity index (χ0n) is 20.3. The van der Waals surface area contributed by atoms with E-state index >= 15 is 0 Å². The van der Waals surface area contributed by atoms with E-state index in [0.29, 0.717) is 19.1 Å². The highest BCUT2D eigenvalue weighted by Crippen LogP contribution is 2.24. The molecule has 0 aliphatic carbocycles. The number of anilines is 3. The van der Waals surface area contributed by atoms with Gasteiger partial charge in [-0.3, -0.25) is 4.68 Å². The summed E-state index contributed by atoms with van der Waals surface area (Å²) in [6.07, 6.45) is 9.45. The number of ether oxygens (including phenoxy) is 1. The number of rotatable bonds is 9. The van der Waals surface area contributed by atoms with Crippen LogP contribution in [0.5, 0.6) is 0 Å². The van der Waals surface area contributed by atoms with Gasteiger partial charge in [0.15, 0.2) is 0 Å². The molecule has 3 rings (SSSR count). The molecule has 33 heavy (non-hydrogen) atoms. The predicted octanol–water partition coefficient (Wildman–Crippen LogP) is 3.27. The second kappa shape index (κ2) is 11.6. The minimum Gasteiger partial charge on any atom is -0.384 e. The van der Waals surface area contributed by atoms with Crippen molar-refractivity contribution < 1.29 is 4.74 Å². The van der Waals surface area contributed by atoms with Crippen molar-refractivity contribution in [1.82, 2.24) is 14.7 Å². The summed E-state index contributed by atoms with van der Waals surface area (Å²) in [6, 6.07) is 8.16. The van der Waals surface area contributed by atoms with Crippen LogP contribution < -0.4 is 15.5 Å². The highest BCUT2D eigenvalue weighted by molar-refractivity contribution is 6.00. The Morgan fingerprint density at radius 3 is 2.64 bits per heavy atom. The molecule has 2 heterocycles. The SMILES string of the molecule is CCN(C)CCNc1ccc(NC2=N\C=C\[C@@](C)(COC)CN(c3cnn(C)c3)\C=N\2)cc1. The number of aromatic nitrogens is 2. The van der Waals surface area contributed by atoms with Crippen LogP contribution in [0.15, 0.2) is 58.9 Å². The van der Waals surface area contributed by atoms with Gasteiger partial charge in [0.05, 0.1) is 24.8 Å². The molecule has 1 aliphatic heterocycles. The molecule has 0 fully saturated rings. The number of hydrogen-bond donors (Lipinski definition) is 2. The number of methoxy groups -OCH3 is 1. The van der Waals surface area contributed by atoms with E-state index in [1.165, 1.54) is 0 Å². The first-order valence-electron chi connectivity index (χ1n) is 11.2. The molecule has 0 saturated carbocycles. The van der Waals surface area contributed by atoms with Crippen molar-refractivity contribution in [3.05, 3.63) is 48.9 Å². The molecule has 1 aromatic heterocycles. The molecule has 0 amide bonds. The van der Waals surface area contributed by atoms with E-state index in [2.05, 4.69) is 74.6 Å². The molecule has 2 N–H and O–H groups in total. The maximum absolute atomic E-state index is 5.48. The van der Waals surface area contributed by atoms with Crippen LogP contribution in [0.1, 0.15) is 13.8 Å². The monoisotopic (exact) mass is 452 g/mol. The minimum atomic E-state index is -0.241. The Kier molecular flexibility index (Phi) is 8.62. The van der Waals surface area contributed by atoms with Crippen molar-refractivity contribution in [3.8, 4) is 0 Å². The van der Waals surface area contributed by atoms with Crippen LogP contribution in [-0.4, -0.2) is 73.9 Å². The van der Waals surface area contributed by atoms with E-state index in [4.69, 9.17) is 4.74 Å². The van der Waals surface area contributed by atoms with E-state index < -0.39 is 0 Å². The molecule has 1 aliphatic rings. The van der Waals surface area contributed by atoms with Gasteiger partial charge in [-0.05, 0) is 37.9 Å². The average Bonchev–Trinajstić information content (AvgIpc) is 3.25. The molecular formula is C24H36N8O. The maximum atomic E-state index is 5.48. The van der Waals surface area contributed by atoms with Crippen LogP contribution in [0.4, 0.5) is 17.1 Å². The van der Waals surface area contributed by atoms with Gasteiger partial charge < -0.3 is 25.2 Å². The van der Waals surface area contributed by atoms with E-state index in [9.17, 15) is 0 Å². The molecule has 0 bridgehead atoms. The van der Waals surface area contributed by atoms with Crippen LogP contribution >= 0.6 is 0 Å². The molecule has 0 unspecified atom stereocenters. The smallest absolute Gasteiger partial charge is 0.228 e. The molecule has 0 radical (unpaired) electrons. The number of nitrogens with zero attached hydrogens (tertiary/aromatic N) is 6. The number of likely N-dealkylation sites (N-methyl/N-ethyl adjacent to an activating group) is 1. The zero-order valence-corrected chi connectivity index (χ0v) is 20.3. The third-order valence-electron chi connectivity index (χ3n) is 5.53. The van der Waals surface area contributed by atoms with E-state index in [1.54, 1.807) is 24.3 Å². The quantitative estimate of drug-likeness (QED) is 0.608. The summed E-state index contributed by atoms with van der Waals surface area (Å²) in [5.41, 5.74) is 2.72. The van der Waals surface area contributed by atoms with Crippen LogP contribution in [0.3, 0.4) is 0 Å². The fraction of sp³-hybridized carbons (Fsp3) is 0.458. The van der Waals surface area contributed by atoms with Gasteiger partial charge in [-0.2, -0.15) is 5.10 Å². The Balaban J connectivity index is 1.73. The summed E-state index contributed by atoms with van der Waals surface area (Å²) in [5.74, 6) is 0.507. The lowest BCUT2D eigenvalue weighted by Crippen LogP contribution is -2.37. The van der Waals surface area contributed by atoms with Crippen molar-refractivity contribution in [2.24, 2.45) is 22.4 Å². The van der Waals surface area contributed by atoms with Crippen molar-refractivity contribution in [2.45, 2.75) is 13.8 Å². The largest absolute Gasteiger partial charge is 0.384 e. The average molecular weight is 453 g/mol. The molecular weight excluding hydrogens is 416 g/mol. The topological polar surface area (TPSA) is 82.3 Å². The summed E-state index contributed by atoms with van der Waals surface area (Å²) < 4.78 is 7.26. The van der Waals surface area contributed by atoms with Gasteiger partial charge in [-0.25, -0.2) is 9.98 Å². The van der Waals surface area contributed by atoms with Crippen molar-refractivity contribution in [2.75, 3.05) is 62.5 Å². The third kappa shape index (κ3) is 7.44. The fourth-order valence-corrected chi connectivity index (χ4v) is 3.48. The minimum absolute atomic E-state index is 0.241. The number of guanidine groups is 1. The third-order valence-corrected chi connectivity index (χ3v) is 5.53. The van der Waals surface area contributed by atoms with Crippen molar-refractivity contribution >= 4 is 29.4 Å². The Morgan fingerprint density at radius 2 is 1.97 bits per heavy atom. The standard InChI is InChI=1S/C24H36N8O/c1-6-30(3)14-13-25-20-7-9-21(10-8-20)29-23-26-12-11-24(2,18-33-5)17-32(19-27-23)22-15-28-31(4)16-22/h7-12,15-16,19,25H,6,13-14,17-18H2,1-5H3,(H,26,29)/b12-11+,27-19+/t24-/m1/s1. The van der Waals surface area contributed by atoms with E-state index in [0.717, 1.165) is 36.7 Å². The van der Waals surface area contributed by atoms with Gasteiger partial charge in [0.25, 0.3) is 0 Å². The van der Waals surface area contributed by atoms with Crippen molar-refractivity contribution in [3.63, 3.8) is 0 Å². The van der Waals surface area contributed by atoms with Gasteiger partial charge in [0.2, 0.25) is 5.96 Å². The van der Waals surface area contributed by atoms with E-state index in [-0.39, 0.29) is 5.41 Å². The number of hydrogen-bond acceptors (Lipinski definition) is 8. The summed E-state index contributed by atoms with van der Waals surface area (Å²) in [6.45, 7) is 8.50. The summed E-state index contributed by atoms with van der Waals surface area (Å²) in [5, 5.41) is 11.1. The fourth-order valence-electron chi connectivity index (χ4n) is 3.48. The van der Waals surface area contributed by atoms with Crippen molar-refractivity contribution in [1.29, 1.82) is 0 Å². The van der Waals surface area contributed by atoms with Gasteiger partial charge >= 0.3 is 0 Å². The lowest BCUT2D eigenvalue weighted by Gasteiger charge is -2.30. The second-order valence-electron chi connectivity index (χ2n) is 8.63. The van der Waals surface area contributed by atoms with Crippen LogP contribution in [0, 0.1) is 5.41 Å². The molecule has 2 aromatic rings. The molecule has 1 aromatic carbocycles. The molecule has 9 heteroatoms. The summed E-state index contributed by atoms with van der Waals surface area (Å²) >= 11 is 0. The first kappa shape index (κ1) is 24.5. The lowest BCUT2D eigenvalue weighted by atomic mass is 9.91. The number of nitrogens with one attached hydrogen (secondary N) is 2. The van der Waals surface area contributed by atoms with Gasteiger partial charge in [-0.1, -0.05) is 19.9 Å². The molecule has 178 valence electrons. The van der Waals surface area contributed by atoms with Crippen LogP contribution in [0.25, 0.3) is 0 Å². The Bertz CT molecular complexity index is 965. The zero-order chi connectivity index (χ0) is 23.7. The number of aliphatic imine (C=N–C) groups is 2. The van der Waals surface area contributed by atoms with Crippen LogP contribution in [-0.2, 0) is 11.8 Å². The summed E-state index contributed by atoms with van der Waals surface area (Å²) in [4.78, 5) is 13.5.